The summed E-state index contributed by atoms with van der Waals surface area (Å²) in [6.45, 7) is 0. The predicted octanol–water partition coefficient (Wildman–Crippen LogP) is 4.82. The van der Waals surface area contributed by atoms with Gasteiger partial charge in [0.15, 0.2) is 0 Å². The molecule has 136 valence electrons. The Labute approximate surface area is 156 Å². The Kier molecular flexibility index (Phi) is 5.67. The molecule has 0 fully saturated rings. The number of hydrogen-bond acceptors (Lipinski definition) is 4. The first kappa shape index (κ1) is 18.5. The number of aromatic nitrogens is 2. The van der Waals surface area contributed by atoms with Crippen LogP contribution in [0.3, 0.4) is 0 Å². The topological polar surface area (TPSA) is 46.9 Å². The standard InChI is InChI=1S/C17H14F3N3OS2/c18-17(19,20)14-9-12(23-7-2-6-21-23)4-5-15(14)22-16(24)11-25-10-13-3-1-8-26-13/h1-9H,10-11H2,(H,22,24). The lowest BCUT2D eigenvalue weighted by molar-refractivity contribution is -0.137. The number of rotatable bonds is 6. The van der Waals surface area contributed by atoms with Gasteiger partial charge in [-0.25, -0.2) is 4.68 Å². The fourth-order valence-electron chi connectivity index (χ4n) is 2.27. The van der Waals surface area contributed by atoms with Gasteiger partial charge in [-0.1, -0.05) is 6.07 Å². The van der Waals surface area contributed by atoms with Crippen molar-refractivity contribution < 1.29 is 18.0 Å². The van der Waals surface area contributed by atoms with Gasteiger partial charge in [0, 0.05) is 23.0 Å². The zero-order chi connectivity index (χ0) is 18.6. The number of halogens is 3. The lowest BCUT2D eigenvalue weighted by Crippen LogP contribution is -2.18. The van der Waals surface area contributed by atoms with Gasteiger partial charge in [-0.2, -0.15) is 18.3 Å². The number of thioether (sulfide) groups is 1. The molecular weight excluding hydrogens is 383 g/mol. The summed E-state index contributed by atoms with van der Waals surface area (Å²) in [5.74, 6) is 0.259. The van der Waals surface area contributed by atoms with Gasteiger partial charge in [-0.15, -0.1) is 23.1 Å². The third-order valence-corrected chi connectivity index (χ3v) is 5.45. The van der Waals surface area contributed by atoms with Crippen molar-refractivity contribution >= 4 is 34.7 Å². The average Bonchev–Trinajstić information content (AvgIpc) is 3.28. The molecule has 0 aliphatic rings. The first-order valence-electron chi connectivity index (χ1n) is 7.55. The second-order valence-corrected chi connectivity index (χ2v) is 7.32. The number of hydrogen-bond donors (Lipinski definition) is 1. The van der Waals surface area contributed by atoms with Crippen LogP contribution < -0.4 is 5.32 Å². The minimum Gasteiger partial charge on any atom is -0.325 e. The summed E-state index contributed by atoms with van der Waals surface area (Å²) in [6, 6.07) is 9.19. The van der Waals surface area contributed by atoms with Crippen molar-refractivity contribution in [2.45, 2.75) is 11.9 Å². The lowest BCUT2D eigenvalue weighted by Gasteiger charge is -2.15. The third-order valence-electron chi connectivity index (χ3n) is 3.41. The molecule has 1 N–H and O–H groups in total. The van der Waals surface area contributed by atoms with Crippen LogP contribution in [0.2, 0.25) is 0 Å². The van der Waals surface area contributed by atoms with Gasteiger partial charge >= 0.3 is 6.18 Å². The summed E-state index contributed by atoms with van der Waals surface area (Å²) in [4.78, 5) is 13.1. The highest BCUT2D eigenvalue weighted by molar-refractivity contribution is 7.99. The van der Waals surface area contributed by atoms with E-state index < -0.39 is 17.6 Å². The molecule has 1 aromatic carbocycles. The summed E-state index contributed by atoms with van der Waals surface area (Å²) in [5, 5.41) is 8.23. The Bertz CT molecular complexity index is 862. The van der Waals surface area contributed by atoms with E-state index in [0.29, 0.717) is 5.75 Å². The van der Waals surface area contributed by atoms with Crippen molar-refractivity contribution in [3.05, 3.63) is 64.6 Å². The number of amides is 1. The molecule has 0 atom stereocenters. The maximum Gasteiger partial charge on any atom is 0.418 e. The smallest absolute Gasteiger partial charge is 0.325 e. The monoisotopic (exact) mass is 397 g/mol. The maximum absolute atomic E-state index is 13.4. The molecule has 0 radical (unpaired) electrons. The number of benzene rings is 1. The van der Waals surface area contributed by atoms with Gasteiger partial charge < -0.3 is 5.32 Å². The fourth-order valence-corrected chi connectivity index (χ4v) is 3.93. The molecule has 0 bridgehead atoms. The minimum absolute atomic E-state index is 0.0795. The molecule has 2 aromatic heterocycles. The SMILES string of the molecule is O=C(CSCc1cccs1)Nc1ccc(-n2cccn2)cc1C(F)(F)F. The molecule has 0 aliphatic heterocycles. The Morgan fingerprint density at radius 2 is 2.12 bits per heavy atom. The number of carbonyl (C=O) groups is 1. The second kappa shape index (κ2) is 7.96. The van der Waals surface area contributed by atoms with Crippen LogP contribution in [0, 0.1) is 0 Å². The first-order valence-corrected chi connectivity index (χ1v) is 9.58. The van der Waals surface area contributed by atoms with E-state index in [9.17, 15) is 18.0 Å². The minimum atomic E-state index is -4.59. The summed E-state index contributed by atoms with van der Waals surface area (Å²) in [7, 11) is 0. The molecule has 4 nitrogen and oxygen atoms in total. The van der Waals surface area contributed by atoms with Gasteiger partial charge in [0.1, 0.15) is 0 Å². The molecule has 0 unspecified atom stereocenters. The highest BCUT2D eigenvalue weighted by Gasteiger charge is 2.34. The Morgan fingerprint density at radius 1 is 1.27 bits per heavy atom. The number of anilines is 1. The molecule has 1 amide bonds. The maximum atomic E-state index is 13.4. The number of thiophene rings is 1. The quantitative estimate of drug-likeness (QED) is 0.648. The van der Waals surface area contributed by atoms with E-state index in [2.05, 4.69) is 10.4 Å². The van der Waals surface area contributed by atoms with E-state index in [1.807, 2.05) is 17.5 Å². The van der Waals surface area contributed by atoms with Crippen LogP contribution in [0.15, 0.2) is 54.2 Å². The Hall–Kier alpha value is -2.26. The number of alkyl halides is 3. The first-order chi connectivity index (χ1) is 12.4. The van der Waals surface area contributed by atoms with Crippen LogP contribution in [0.5, 0.6) is 0 Å². The van der Waals surface area contributed by atoms with Crippen molar-refractivity contribution in [1.29, 1.82) is 0 Å². The van der Waals surface area contributed by atoms with Crippen molar-refractivity contribution in [2.24, 2.45) is 0 Å². The highest BCUT2D eigenvalue weighted by atomic mass is 32.2. The van der Waals surface area contributed by atoms with E-state index in [1.165, 1.54) is 34.8 Å². The van der Waals surface area contributed by atoms with Crippen molar-refractivity contribution in [3.8, 4) is 5.69 Å². The molecule has 2 heterocycles. The highest BCUT2D eigenvalue weighted by Crippen LogP contribution is 2.36. The van der Waals surface area contributed by atoms with Gasteiger partial charge in [0.2, 0.25) is 5.91 Å². The summed E-state index contributed by atoms with van der Waals surface area (Å²) in [5.41, 5.74) is -0.885. The van der Waals surface area contributed by atoms with Gasteiger partial charge in [0.25, 0.3) is 0 Å². The molecule has 0 aliphatic carbocycles. The van der Waals surface area contributed by atoms with Crippen molar-refractivity contribution in [3.63, 3.8) is 0 Å². The molecule has 0 saturated carbocycles. The van der Waals surface area contributed by atoms with Gasteiger partial charge in [-0.05, 0) is 35.7 Å². The average molecular weight is 397 g/mol. The fraction of sp³-hybridized carbons (Fsp3) is 0.176. The van der Waals surface area contributed by atoms with Crippen LogP contribution in [-0.4, -0.2) is 21.4 Å². The molecule has 3 aromatic rings. The van der Waals surface area contributed by atoms with Crippen LogP contribution in [-0.2, 0) is 16.7 Å². The van der Waals surface area contributed by atoms with Gasteiger partial charge in [0.05, 0.1) is 22.7 Å². The normalized spacial score (nSPS) is 11.5. The van der Waals surface area contributed by atoms with Crippen molar-refractivity contribution in [1.82, 2.24) is 9.78 Å². The number of carbonyl (C=O) groups excluding carboxylic acids is 1. The number of nitrogens with one attached hydrogen (secondary N) is 1. The molecule has 3 rings (SSSR count). The zero-order valence-electron chi connectivity index (χ0n) is 13.4. The van der Waals surface area contributed by atoms with Crippen LogP contribution >= 0.6 is 23.1 Å². The lowest BCUT2D eigenvalue weighted by atomic mass is 10.1. The predicted molar refractivity (Wildman–Crippen MR) is 97.7 cm³/mol. The molecule has 26 heavy (non-hydrogen) atoms. The Balaban J connectivity index is 1.70. The second-order valence-electron chi connectivity index (χ2n) is 5.30. The molecule has 0 saturated heterocycles. The van der Waals surface area contributed by atoms with E-state index in [-0.39, 0.29) is 17.1 Å². The van der Waals surface area contributed by atoms with Crippen molar-refractivity contribution in [2.75, 3.05) is 11.1 Å². The summed E-state index contributed by atoms with van der Waals surface area (Å²) in [6.07, 6.45) is -1.56. The summed E-state index contributed by atoms with van der Waals surface area (Å²) < 4.78 is 41.5. The van der Waals surface area contributed by atoms with E-state index in [0.717, 1.165) is 10.9 Å². The van der Waals surface area contributed by atoms with Crippen LogP contribution in [0.1, 0.15) is 10.4 Å². The van der Waals surface area contributed by atoms with E-state index in [4.69, 9.17) is 0 Å². The molecule has 0 spiro atoms. The number of nitrogens with zero attached hydrogens (tertiary/aromatic N) is 2. The Morgan fingerprint density at radius 3 is 2.77 bits per heavy atom. The largest absolute Gasteiger partial charge is 0.418 e. The molecule has 9 heteroatoms. The third kappa shape index (κ3) is 4.67. The van der Waals surface area contributed by atoms with E-state index in [1.54, 1.807) is 23.6 Å². The molecular formula is C17H14F3N3OS2. The van der Waals surface area contributed by atoms with E-state index >= 15 is 0 Å². The summed E-state index contributed by atoms with van der Waals surface area (Å²) >= 11 is 2.93. The van der Waals surface area contributed by atoms with Crippen LogP contribution in [0.25, 0.3) is 5.69 Å². The zero-order valence-corrected chi connectivity index (χ0v) is 15.0. The van der Waals surface area contributed by atoms with Gasteiger partial charge in [-0.3, -0.25) is 4.79 Å². The van der Waals surface area contributed by atoms with Crippen LogP contribution in [0.4, 0.5) is 18.9 Å².